The zero-order valence-electron chi connectivity index (χ0n) is 8.77. The third-order valence-corrected chi connectivity index (χ3v) is 2.83. The van der Waals surface area contributed by atoms with Gasteiger partial charge in [-0.05, 0) is 35.9 Å². The number of aromatic hydroxyl groups is 1. The fourth-order valence-corrected chi connectivity index (χ4v) is 1.93. The lowest BCUT2D eigenvalue weighted by Crippen LogP contribution is -1.85. The van der Waals surface area contributed by atoms with E-state index in [4.69, 9.17) is 4.74 Å². The number of phenolic OH excluding ortho intramolecular Hbond substituents is 1. The van der Waals surface area contributed by atoms with Gasteiger partial charge in [-0.2, -0.15) is 0 Å². The predicted octanol–water partition coefficient (Wildman–Crippen LogP) is 3.83. The van der Waals surface area contributed by atoms with Crippen molar-refractivity contribution in [2.45, 2.75) is 0 Å². The van der Waals surface area contributed by atoms with E-state index in [2.05, 4.69) is 15.9 Å². The fourth-order valence-electron chi connectivity index (χ4n) is 1.53. The van der Waals surface area contributed by atoms with Gasteiger partial charge in [0.15, 0.2) is 0 Å². The van der Waals surface area contributed by atoms with Gasteiger partial charge in [0.05, 0.1) is 7.11 Å². The van der Waals surface area contributed by atoms with Gasteiger partial charge in [-0.25, -0.2) is 0 Å². The first kappa shape index (κ1) is 11.0. The van der Waals surface area contributed by atoms with Gasteiger partial charge >= 0.3 is 0 Å². The Hall–Kier alpha value is -1.48. The first-order chi connectivity index (χ1) is 7.70. The van der Waals surface area contributed by atoms with E-state index in [1.165, 1.54) is 0 Å². The van der Waals surface area contributed by atoms with Crippen LogP contribution in [0.25, 0.3) is 11.1 Å². The average molecular weight is 279 g/mol. The maximum atomic E-state index is 9.80. The summed E-state index contributed by atoms with van der Waals surface area (Å²) in [6.45, 7) is 0. The van der Waals surface area contributed by atoms with E-state index in [9.17, 15) is 5.11 Å². The van der Waals surface area contributed by atoms with Crippen LogP contribution in [0.3, 0.4) is 0 Å². The summed E-state index contributed by atoms with van der Waals surface area (Å²) in [6, 6.07) is 13.0. The Morgan fingerprint density at radius 3 is 2.62 bits per heavy atom. The summed E-state index contributed by atoms with van der Waals surface area (Å²) in [6.07, 6.45) is 0. The van der Waals surface area contributed by atoms with Gasteiger partial charge in [0.2, 0.25) is 0 Å². The molecule has 82 valence electrons. The summed E-state index contributed by atoms with van der Waals surface area (Å²) < 4.78 is 6.12. The minimum absolute atomic E-state index is 0.249. The third kappa shape index (κ3) is 2.19. The molecule has 0 bridgehead atoms. The number of ether oxygens (including phenoxy) is 1. The number of halogens is 1. The van der Waals surface area contributed by atoms with Crippen LogP contribution >= 0.6 is 15.9 Å². The summed E-state index contributed by atoms with van der Waals surface area (Å²) >= 11 is 3.41. The Morgan fingerprint density at radius 2 is 1.94 bits per heavy atom. The van der Waals surface area contributed by atoms with Gasteiger partial charge in [-0.3, -0.25) is 0 Å². The Bertz CT molecular complexity index is 509. The highest BCUT2D eigenvalue weighted by molar-refractivity contribution is 9.10. The minimum atomic E-state index is 0.249. The molecule has 2 nitrogen and oxygen atoms in total. The molecule has 0 aromatic heterocycles. The number of phenols is 1. The van der Waals surface area contributed by atoms with Crippen molar-refractivity contribution in [3.63, 3.8) is 0 Å². The Labute approximate surface area is 103 Å². The monoisotopic (exact) mass is 278 g/mol. The van der Waals surface area contributed by atoms with E-state index >= 15 is 0 Å². The lowest BCUT2D eigenvalue weighted by Gasteiger charge is -2.07. The van der Waals surface area contributed by atoms with Crippen LogP contribution in [0.2, 0.25) is 0 Å². The average Bonchev–Trinajstić information content (AvgIpc) is 2.30. The lowest BCUT2D eigenvalue weighted by molar-refractivity contribution is 0.412. The smallest absolute Gasteiger partial charge is 0.123 e. The quantitative estimate of drug-likeness (QED) is 0.905. The molecule has 3 heteroatoms. The Kier molecular flexibility index (Phi) is 3.15. The van der Waals surface area contributed by atoms with Crippen molar-refractivity contribution in [1.82, 2.24) is 0 Å². The van der Waals surface area contributed by atoms with E-state index in [0.29, 0.717) is 0 Å². The van der Waals surface area contributed by atoms with Crippen LogP contribution in [0, 0.1) is 0 Å². The van der Waals surface area contributed by atoms with E-state index in [-0.39, 0.29) is 5.75 Å². The third-order valence-electron chi connectivity index (χ3n) is 2.34. The molecule has 2 aromatic rings. The van der Waals surface area contributed by atoms with Gasteiger partial charge in [-0.15, -0.1) is 0 Å². The van der Waals surface area contributed by atoms with Crippen molar-refractivity contribution in [3.8, 4) is 22.6 Å². The molecule has 0 heterocycles. The molecule has 0 spiro atoms. The molecule has 16 heavy (non-hydrogen) atoms. The summed E-state index contributed by atoms with van der Waals surface area (Å²) in [5, 5.41) is 9.80. The highest BCUT2D eigenvalue weighted by Crippen LogP contribution is 2.33. The molecule has 0 aliphatic heterocycles. The second-order valence-electron chi connectivity index (χ2n) is 3.39. The molecule has 0 amide bonds. The van der Waals surface area contributed by atoms with Crippen LogP contribution < -0.4 is 4.74 Å². The molecule has 0 aliphatic carbocycles. The number of methoxy groups -OCH3 is 1. The highest BCUT2D eigenvalue weighted by Gasteiger charge is 2.06. The van der Waals surface area contributed by atoms with Crippen molar-refractivity contribution >= 4 is 15.9 Å². The molecule has 0 fully saturated rings. The zero-order valence-corrected chi connectivity index (χ0v) is 10.4. The van der Waals surface area contributed by atoms with Crippen LogP contribution in [-0.4, -0.2) is 12.2 Å². The number of rotatable bonds is 2. The normalized spacial score (nSPS) is 10.1. The summed E-state index contributed by atoms with van der Waals surface area (Å²) in [4.78, 5) is 0. The van der Waals surface area contributed by atoms with Crippen molar-refractivity contribution in [3.05, 3.63) is 46.9 Å². The molecule has 0 aliphatic rings. The van der Waals surface area contributed by atoms with Crippen LogP contribution in [0.1, 0.15) is 0 Å². The van der Waals surface area contributed by atoms with Crippen molar-refractivity contribution in [2.24, 2.45) is 0 Å². The van der Waals surface area contributed by atoms with Gasteiger partial charge < -0.3 is 9.84 Å². The maximum absolute atomic E-state index is 9.80. The topological polar surface area (TPSA) is 29.5 Å². The summed E-state index contributed by atoms with van der Waals surface area (Å²) in [5.41, 5.74) is 1.71. The molecule has 2 rings (SSSR count). The molecule has 0 saturated carbocycles. The van der Waals surface area contributed by atoms with Crippen molar-refractivity contribution < 1.29 is 9.84 Å². The standard InChI is InChI=1S/C13H11BrO2/c1-16-11-5-6-13(15)12(8-11)9-3-2-4-10(14)7-9/h2-8,15H,1H3. The van der Waals surface area contributed by atoms with E-state index in [1.807, 2.05) is 30.3 Å². The molecule has 0 saturated heterocycles. The first-order valence-electron chi connectivity index (χ1n) is 4.83. The van der Waals surface area contributed by atoms with E-state index in [1.54, 1.807) is 19.2 Å². The van der Waals surface area contributed by atoms with Crippen LogP contribution in [0.4, 0.5) is 0 Å². The SMILES string of the molecule is COc1ccc(O)c(-c2cccc(Br)c2)c1. The molecule has 0 radical (unpaired) electrons. The summed E-state index contributed by atoms with van der Waals surface area (Å²) in [7, 11) is 1.61. The molecule has 1 N–H and O–H groups in total. The van der Waals surface area contributed by atoms with E-state index < -0.39 is 0 Å². The van der Waals surface area contributed by atoms with Crippen molar-refractivity contribution in [2.75, 3.05) is 7.11 Å². The summed E-state index contributed by atoms with van der Waals surface area (Å²) in [5.74, 6) is 0.978. The van der Waals surface area contributed by atoms with E-state index in [0.717, 1.165) is 21.3 Å². The highest BCUT2D eigenvalue weighted by atomic mass is 79.9. The van der Waals surface area contributed by atoms with Crippen molar-refractivity contribution in [1.29, 1.82) is 0 Å². The number of benzene rings is 2. The number of hydrogen-bond donors (Lipinski definition) is 1. The van der Waals surface area contributed by atoms with Gasteiger partial charge in [0.1, 0.15) is 11.5 Å². The predicted molar refractivity (Wildman–Crippen MR) is 67.8 cm³/mol. The molecule has 0 unspecified atom stereocenters. The van der Waals surface area contributed by atoms with Crippen LogP contribution in [0.15, 0.2) is 46.9 Å². The second-order valence-corrected chi connectivity index (χ2v) is 4.31. The second kappa shape index (κ2) is 4.58. The Morgan fingerprint density at radius 1 is 1.12 bits per heavy atom. The maximum Gasteiger partial charge on any atom is 0.123 e. The van der Waals surface area contributed by atoms with Gasteiger partial charge in [-0.1, -0.05) is 28.1 Å². The molecular weight excluding hydrogens is 268 g/mol. The van der Waals surface area contributed by atoms with Crippen LogP contribution in [0.5, 0.6) is 11.5 Å². The minimum Gasteiger partial charge on any atom is -0.507 e. The first-order valence-corrected chi connectivity index (χ1v) is 5.63. The molecule has 0 atom stereocenters. The fraction of sp³-hybridized carbons (Fsp3) is 0.0769. The molecule has 2 aromatic carbocycles. The molecular formula is C13H11BrO2. The van der Waals surface area contributed by atoms with Gasteiger partial charge in [0.25, 0.3) is 0 Å². The van der Waals surface area contributed by atoms with Crippen LogP contribution in [-0.2, 0) is 0 Å². The number of hydrogen-bond acceptors (Lipinski definition) is 2. The zero-order chi connectivity index (χ0) is 11.5. The lowest BCUT2D eigenvalue weighted by atomic mass is 10.0. The van der Waals surface area contributed by atoms with Gasteiger partial charge in [0, 0.05) is 10.0 Å². The Balaban J connectivity index is 2.54. The largest absolute Gasteiger partial charge is 0.507 e.